The van der Waals surface area contributed by atoms with Crippen LogP contribution in [0.2, 0.25) is 5.02 Å². The van der Waals surface area contributed by atoms with Gasteiger partial charge in [-0.15, -0.1) is 0 Å². The number of likely N-dealkylation sites (tertiary alicyclic amines) is 1. The summed E-state index contributed by atoms with van der Waals surface area (Å²) in [5, 5.41) is 4.66. The van der Waals surface area contributed by atoms with E-state index in [0.717, 1.165) is 11.1 Å². The average molecular weight is 368 g/mol. The Morgan fingerprint density at radius 3 is 2.88 bits per heavy atom. The molecule has 5 nitrogen and oxygen atoms in total. The van der Waals surface area contributed by atoms with Gasteiger partial charge in [-0.3, -0.25) is 4.79 Å². The SMILES string of the molecule is Cc1cccc(CN2CC(c3nc(-c4cccc(Cl)c4)no3)CC2=O)c1. The van der Waals surface area contributed by atoms with Crippen LogP contribution in [0.15, 0.2) is 53.1 Å². The minimum absolute atomic E-state index is 0.0762. The number of carbonyl (C=O) groups is 1. The molecular weight excluding hydrogens is 350 g/mol. The molecule has 0 bridgehead atoms. The lowest BCUT2D eigenvalue weighted by Gasteiger charge is -2.16. The van der Waals surface area contributed by atoms with E-state index < -0.39 is 0 Å². The predicted octanol–water partition coefficient (Wildman–Crippen LogP) is 4.21. The second-order valence-electron chi connectivity index (χ2n) is 6.63. The zero-order valence-corrected chi connectivity index (χ0v) is 15.1. The Kier molecular flexibility index (Phi) is 4.47. The van der Waals surface area contributed by atoms with Crippen molar-refractivity contribution in [3.63, 3.8) is 0 Å². The molecule has 0 radical (unpaired) electrons. The van der Waals surface area contributed by atoms with Gasteiger partial charge in [-0.25, -0.2) is 0 Å². The highest BCUT2D eigenvalue weighted by Crippen LogP contribution is 2.30. The number of aromatic nitrogens is 2. The maximum absolute atomic E-state index is 12.4. The van der Waals surface area contributed by atoms with Gasteiger partial charge in [-0.1, -0.05) is 58.7 Å². The molecule has 1 aromatic heterocycles. The summed E-state index contributed by atoms with van der Waals surface area (Å²) in [6.45, 7) is 3.24. The van der Waals surface area contributed by atoms with Crippen LogP contribution in [0, 0.1) is 6.92 Å². The van der Waals surface area contributed by atoms with Crippen molar-refractivity contribution in [1.29, 1.82) is 0 Å². The molecule has 0 N–H and O–H groups in total. The van der Waals surface area contributed by atoms with E-state index >= 15 is 0 Å². The average Bonchev–Trinajstić information content (AvgIpc) is 3.23. The summed E-state index contributed by atoms with van der Waals surface area (Å²) in [4.78, 5) is 18.7. The fourth-order valence-electron chi connectivity index (χ4n) is 3.27. The Hall–Kier alpha value is -2.66. The van der Waals surface area contributed by atoms with Crippen LogP contribution in [0.5, 0.6) is 0 Å². The van der Waals surface area contributed by atoms with E-state index in [0.29, 0.717) is 36.2 Å². The standard InChI is InChI=1S/C20H18ClN3O2/c1-13-4-2-5-14(8-13)11-24-12-16(10-18(24)25)20-22-19(23-26-20)15-6-3-7-17(21)9-15/h2-9,16H,10-12H2,1H3. The van der Waals surface area contributed by atoms with Gasteiger partial charge in [0.25, 0.3) is 0 Å². The fourth-order valence-corrected chi connectivity index (χ4v) is 3.46. The molecule has 1 fully saturated rings. The van der Waals surface area contributed by atoms with Crippen LogP contribution in [0.4, 0.5) is 0 Å². The highest BCUT2D eigenvalue weighted by Gasteiger charge is 2.34. The third kappa shape index (κ3) is 3.48. The molecule has 0 spiro atoms. The molecular formula is C20H18ClN3O2. The van der Waals surface area contributed by atoms with E-state index in [1.165, 1.54) is 5.56 Å². The molecule has 1 unspecified atom stereocenters. The lowest BCUT2D eigenvalue weighted by Crippen LogP contribution is -2.24. The number of amides is 1. The van der Waals surface area contributed by atoms with Crippen LogP contribution in [0.1, 0.15) is 29.4 Å². The molecule has 6 heteroatoms. The quantitative estimate of drug-likeness (QED) is 0.693. The molecule has 1 amide bonds. The zero-order chi connectivity index (χ0) is 18.1. The summed E-state index contributed by atoms with van der Waals surface area (Å²) in [5.41, 5.74) is 3.12. The normalized spacial score (nSPS) is 17.1. The Bertz CT molecular complexity index is 953. The van der Waals surface area contributed by atoms with Crippen molar-refractivity contribution >= 4 is 17.5 Å². The van der Waals surface area contributed by atoms with E-state index in [-0.39, 0.29) is 11.8 Å². The monoisotopic (exact) mass is 367 g/mol. The Morgan fingerprint density at radius 1 is 1.23 bits per heavy atom. The topological polar surface area (TPSA) is 59.2 Å². The lowest BCUT2D eigenvalue weighted by molar-refractivity contribution is -0.128. The fraction of sp³-hybridized carbons (Fsp3) is 0.250. The van der Waals surface area contributed by atoms with Gasteiger partial charge in [0, 0.05) is 30.1 Å². The van der Waals surface area contributed by atoms with Crippen molar-refractivity contribution in [2.24, 2.45) is 0 Å². The molecule has 2 heterocycles. The Morgan fingerprint density at radius 2 is 2.08 bits per heavy atom. The summed E-state index contributed by atoms with van der Waals surface area (Å²) in [5.74, 6) is 1.03. The van der Waals surface area contributed by atoms with Crippen LogP contribution in [0.25, 0.3) is 11.4 Å². The summed E-state index contributed by atoms with van der Waals surface area (Å²) >= 11 is 6.02. The summed E-state index contributed by atoms with van der Waals surface area (Å²) < 4.78 is 5.43. The number of rotatable bonds is 4. The molecule has 1 aliphatic rings. The smallest absolute Gasteiger partial charge is 0.232 e. The van der Waals surface area contributed by atoms with Crippen LogP contribution < -0.4 is 0 Å². The van der Waals surface area contributed by atoms with Crippen molar-refractivity contribution < 1.29 is 9.32 Å². The molecule has 26 heavy (non-hydrogen) atoms. The number of aryl methyl sites for hydroxylation is 1. The minimum Gasteiger partial charge on any atom is -0.339 e. The van der Waals surface area contributed by atoms with Crippen molar-refractivity contribution in [2.75, 3.05) is 6.54 Å². The van der Waals surface area contributed by atoms with Gasteiger partial charge in [-0.2, -0.15) is 4.98 Å². The van der Waals surface area contributed by atoms with Crippen molar-refractivity contribution in [2.45, 2.75) is 25.8 Å². The van der Waals surface area contributed by atoms with Gasteiger partial charge in [-0.05, 0) is 24.6 Å². The molecule has 4 rings (SSSR count). The molecule has 1 saturated heterocycles. The van der Waals surface area contributed by atoms with E-state index in [4.69, 9.17) is 16.1 Å². The van der Waals surface area contributed by atoms with Crippen LogP contribution >= 0.6 is 11.6 Å². The van der Waals surface area contributed by atoms with Crippen molar-refractivity contribution in [1.82, 2.24) is 15.0 Å². The van der Waals surface area contributed by atoms with E-state index in [1.807, 2.05) is 42.2 Å². The first-order valence-corrected chi connectivity index (χ1v) is 8.89. The van der Waals surface area contributed by atoms with Gasteiger partial charge in [0.1, 0.15) is 0 Å². The molecule has 132 valence electrons. The van der Waals surface area contributed by atoms with Gasteiger partial charge in [0.2, 0.25) is 17.6 Å². The number of nitrogens with zero attached hydrogens (tertiary/aromatic N) is 3. The highest BCUT2D eigenvalue weighted by molar-refractivity contribution is 6.30. The van der Waals surface area contributed by atoms with Crippen LogP contribution in [-0.4, -0.2) is 27.5 Å². The molecule has 3 aromatic rings. The first-order chi connectivity index (χ1) is 12.6. The Balaban J connectivity index is 1.49. The van der Waals surface area contributed by atoms with Crippen LogP contribution in [0.3, 0.4) is 0 Å². The zero-order valence-electron chi connectivity index (χ0n) is 14.4. The van der Waals surface area contributed by atoms with Gasteiger partial charge in [0.05, 0.1) is 5.92 Å². The van der Waals surface area contributed by atoms with E-state index in [2.05, 4.69) is 16.2 Å². The lowest BCUT2D eigenvalue weighted by atomic mass is 10.1. The third-order valence-electron chi connectivity index (χ3n) is 4.54. The number of carbonyl (C=O) groups excluding carboxylic acids is 1. The molecule has 2 aromatic carbocycles. The summed E-state index contributed by atoms with van der Waals surface area (Å²) in [7, 11) is 0. The number of hydrogen-bond donors (Lipinski definition) is 0. The van der Waals surface area contributed by atoms with Crippen LogP contribution in [-0.2, 0) is 11.3 Å². The second kappa shape index (κ2) is 6.92. The van der Waals surface area contributed by atoms with Crippen molar-refractivity contribution in [3.05, 3.63) is 70.6 Å². The number of halogens is 1. The molecule has 0 saturated carbocycles. The largest absolute Gasteiger partial charge is 0.339 e. The first kappa shape index (κ1) is 16.8. The molecule has 1 aliphatic heterocycles. The van der Waals surface area contributed by atoms with Gasteiger partial charge < -0.3 is 9.42 Å². The Labute approximate surface area is 156 Å². The van der Waals surface area contributed by atoms with Gasteiger partial charge >= 0.3 is 0 Å². The minimum atomic E-state index is -0.0762. The van der Waals surface area contributed by atoms with Gasteiger partial charge in [0.15, 0.2) is 0 Å². The summed E-state index contributed by atoms with van der Waals surface area (Å²) in [6, 6.07) is 15.5. The molecule has 0 aliphatic carbocycles. The summed E-state index contributed by atoms with van der Waals surface area (Å²) in [6.07, 6.45) is 0.392. The highest BCUT2D eigenvalue weighted by atomic mass is 35.5. The van der Waals surface area contributed by atoms with E-state index in [1.54, 1.807) is 12.1 Å². The number of benzene rings is 2. The number of hydrogen-bond acceptors (Lipinski definition) is 4. The molecule has 1 atom stereocenters. The maximum atomic E-state index is 12.4. The van der Waals surface area contributed by atoms with Crippen molar-refractivity contribution in [3.8, 4) is 11.4 Å². The maximum Gasteiger partial charge on any atom is 0.232 e. The second-order valence-corrected chi connectivity index (χ2v) is 7.07. The first-order valence-electron chi connectivity index (χ1n) is 8.51. The predicted molar refractivity (Wildman–Crippen MR) is 98.7 cm³/mol. The third-order valence-corrected chi connectivity index (χ3v) is 4.78. The van der Waals surface area contributed by atoms with E-state index in [9.17, 15) is 4.79 Å².